The number of likely N-dealkylation sites (N-methyl/N-ethyl adjacent to an activating group) is 1. The van der Waals surface area contributed by atoms with Gasteiger partial charge in [0.05, 0.1) is 40.3 Å². The van der Waals surface area contributed by atoms with E-state index in [2.05, 4.69) is 38.2 Å². The molecule has 0 aliphatic carbocycles. The molecule has 9 heteroatoms. The second-order valence-corrected chi connectivity index (χ2v) is 17.4. The summed E-state index contributed by atoms with van der Waals surface area (Å²) in [6.45, 7) is 4.73. The summed E-state index contributed by atoms with van der Waals surface area (Å²) in [4.78, 5) is 37.0. The van der Waals surface area contributed by atoms with Crippen molar-refractivity contribution in [1.29, 1.82) is 0 Å². The lowest BCUT2D eigenvalue weighted by Gasteiger charge is -2.26. The van der Waals surface area contributed by atoms with Crippen LogP contribution in [0.5, 0.6) is 0 Å². The molecule has 0 heterocycles. The van der Waals surface area contributed by atoms with Gasteiger partial charge in [0.2, 0.25) is 0 Å². The van der Waals surface area contributed by atoms with Crippen molar-refractivity contribution in [3.63, 3.8) is 0 Å². The molecule has 0 fully saturated rings. The number of quaternary nitrogens is 1. The van der Waals surface area contributed by atoms with Crippen LogP contribution in [0, 0.1) is 0 Å². The Bertz CT molecular complexity index is 1010. The predicted molar refractivity (Wildman–Crippen MR) is 237 cm³/mol. The third-order valence-corrected chi connectivity index (χ3v) is 10.4. The third-order valence-electron chi connectivity index (χ3n) is 10.4. The maximum absolute atomic E-state index is 12.8. The molecule has 0 N–H and O–H groups in total. The first kappa shape index (κ1) is 55.8. The topological polar surface area (TPSA) is 111 Å². The van der Waals surface area contributed by atoms with E-state index in [-0.39, 0.29) is 38.6 Å². The minimum atomic E-state index is -1.62. The largest absolute Gasteiger partial charge is 0.545 e. The van der Waals surface area contributed by atoms with Gasteiger partial charge < -0.3 is 33.3 Å². The van der Waals surface area contributed by atoms with Crippen molar-refractivity contribution in [3.8, 4) is 0 Å². The van der Waals surface area contributed by atoms with Crippen molar-refractivity contribution < 1.29 is 42.9 Å². The summed E-state index contributed by atoms with van der Waals surface area (Å²) in [5.74, 6) is -2.29. The number of aliphatic carboxylic acids is 1. The van der Waals surface area contributed by atoms with Gasteiger partial charge in [-0.2, -0.15) is 0 Å². The third kappa shape index (κ3) is 41.9. The molecular formula is C49H91NO8. The molecule has 0 saturated heterocycles. The van der Waals surface area contributed by atoms with Gasteiger partial charge in [-0.1, -0.05) is 160 Å². The molecule has 58 heavy (non-hydrogen) atoms. The van der Waals surface area contributed by atoms with Crippen molar-refractivity contribution in [2.45, 2.75) is 225 Å². The summed E-state index contributed by atoms with van der Waals surface area (Å²) >= 11 is 0. The lowest BCUT2D eigenvalue weighted by atomic mass is 10.1. The zero-order valence-corrected chi connectivity index (χ0v) is 38.4. The zero-order valence-electron chi connectivity index (χ0n) is 38.4. The van der Waals surface area contributed by atoms with E-state index in [0.29, 0.717) is 17.4 Å². The standard InChI is InChI=1S/C49H91NO8/c1-6-8-10-12-14-16-18-20-22-24-26-28-30-32-34-36-38-40-47(52)58-45(44-57-49(48(53)54)55-42-41-50(3,4)5)43-56-46(51)39-37-35-33-31-29-27-25-23-21-19-17-15-13-11-9-7-2/h20,22-23,25,45,49H,6-19,21,24,26-44H2,1-5H3/b22-20-,25-23-. The summed E-state index contributed by atoms with van der Waals surface area (Å²) in [6.07, 6.45) is 42.0. The molecular weight excluding hydrogens is 731 g/mol. The Kier molecular flexibility index (Phi) is 39.9. The Morgan fingerprint density at radius 3 is 1.28 bits per heavy atom. The molecule has 0 aromatic carbocycles. The number of nitrogens with zero attached hydrogens (tertiary/aromatic N) is 1. The van der Waals surface area contributed by atoms with Crippen LogP contribution >= 0.6 is 0 Å². The number of carboxylic acids is 1. The quantitative estimate of drug-likeness (QED) is 0.0196. The van der Waals surface area contributed by atoms with Gasteiger partial charge >= 0.3 is 11.9 Å². The lowest BCUT2D eigenvalue weighted by Crippen LogP contribution is -2.44. The van der Waals surface area contributed by atoms with Crippen LogP contribution in [0.2, 0.25) is 0 Å². The Labute approximate surface area is 357 Å². The van der Waals surface area contributed by atoms with Crippen LogP contribution < -0.4 is 5.11 Å². The van der Waals surface area contributed by atoms with Crippen LogP contribution in [-0.4, -0.2) is 82.3 Å². The van der Waals surface area contributed by atoms with Gasteiger partial charge in [0.1, 0.15) is 13.2 Å². The number of esters is 2. The number of hydrogen-bond acceptors (Lipinski definition) is 8. The maximum atomic E-state index is 12.8. The summed E-state index contributed by atoms with van der Waals surface area (Å²) < 4.78 is 22.6. The molecule has 0 radical (unpaired) electrons. The number of rotatable bonds is 44. The number of carboxylic acid groups (broad SMARTS) is 1. The highest BCUT2D eigenvalue weighted by atomic mass is 16.7. The van der Waals surface area contributed by atoms with Crippen LogP contribution in [0.3, 0.4) is 0 Å². The highest BCUT2D eigenvalue weighted by Crippen LogP contribution is 2.14. The fraction of sp³-hybridized carbons (Fsp3) is 0.857. The number of allylic oxidation sites excluding steroid dienone is 4. The fourth-order valence-corrected chi connectivity index (χ4v) is 6.64. The normalized spacial score (nSPS) is 13.1. The average Bonchev–Trinajstić information content (AvgIpc) is 3.18. The summed E-state index contributed by atoms with van der Waals surface area (Å²) in [6, 6.07) is 0. The molecule has 0 aromatic heterocycles. The van der Waals surface area contributed by atoms with Crippen molar-refractivity contribution in [1.82, 2.24) is 0 Å². The van der Waals surface area contributed by atoms with E-state index in [0.717, 1.165) is 64.2 Å². The molecule has 0 aliphatic heterocycles. The van der Waals surface area contributed by atoms with Crippen molar-refractivity contribution in [2.24, 2.45) is 0 Å². The first-order valence-electron chi connectivity index (χ1n) is 24.0. The van der Waals surface area contributed by atoms with Gasteiger partial charge in [0.15, 0.2) is 12.4 Å². The van der Waals surface area contributed by atoms with Gasteiger partial charge in [0.25, 0.3) is 0 Å². The second-order valence-electron chi connectivity index (χ2n) is 17.4. The van der Waals surface area contributed by atoms with Crippen LogP contribution in [0.1, 0.15) is 213 Å². The average molecular weight is 822 g/mol. The highest BCUT2D eigenvalue weighted by molar-refractivity contribution is 5.70. The Morgan fingerprint density at radius 2 is 0.879 bits per heavy atom. The van der Waals surface area contributed by atoms with Crippen LogP contribution in [-0.2, 0) is 33.3 Å². The first-order chi connectivity index (χ1) is 28.1. The summed E-state index contributed by atoms with van der Waals surface area (Å²) in [5, 5.41) is 11.7. The predicted octanol–water partition coefficient (Wildman–Crippen LogP) is 11.5. The minimum absolute atomic E-state index is 0.147. The summed E-state index contributed by atoms with van der Waals surface area (Å²) in [5.41, 5.74) is 0. The first-order valence-corrected chi connectivity index (χ1v) is 24.0. The lowest BCUT2D eigenvalue weighted by molar-refractivity contribution is -0.870. The Morgan fingerprint density at radius 1 is 0.500 bits per heavy atom. The molecule has 2 atom stereocenters. The SMILES string of the molecule is CCCCCCCC/C=C\CCCCCCCCCC(=O)OC(COC(=O)CCCCCCC/C=C\CCCCCCCCC)COC(OCC[N+](C)(C)C)C(=O)[O-]. The van der Waals surface area contributed by atoms with E-state index in [1.807, 2.05) is 21.1 Å². The molecule has 9 nitrogen and oxygen atoms in total. The van der Waals surface area contributed by atoms with Crippen molar-refractivity contribution in [3.05, 3.63) is 24.3 Å². The molecule has 2 unspecified atom stereocenters. The number of hydrogen-bond donors (Lipinski definition) is 0. The maximum Gasteiger partial charge on any atom is 0.306 e. The molecule has 0 spiro atoms. The molecule has 0 amide bonds. The minimum Gasteiger partial charge on any atom is -0.545 e. The van der Waals surface area contributed by atoms with Crippen molar-refractivity contribution in [2.75, 3.05) is 47.5 Å². The van der Waals surface area contributed by atoms with E-state index in [9.17, 15) is 19.5 Å². The smallest absolute Gasteiger partial charge is 0.306 e. The number of ether oxygens (including phenoxy) is 4. The van der Waals surface area contributed by atoms with E-state index in [1.54, 1.807) is 0 Å². The van der Waals surface area contributed by atoms with Crippen LogP contribution in [0.15, 0.2) is 24.3 Å². The van der Waals surface area contributed by atoms with Gasteiger partial charge in [-0.25, -0.2) is 0 Å². The van der Waals surface area contributed by atoms with E-state index >= 15 is 0 Å². The second kappa shape index (κ2) is 41.5. The number of carbonyl (C=O) groups is 3. The molecule has 0 aromatic rings. The molecule has 0 bridgehead atoms. The molecule has 340 valence electrons. The van der Waals surface area contributed by atoms with Gasteiger partial charge in [-0.05, 0) is 64.2 Å². The van der Waals surface area contributed by atoms with E-state index in [1.165, 1.54) is 116 Å². The van der Waals surface area contributed by atoms with Crippen molar-refractivity contribution >= 4 is 17.9 Å². The van der Waals surface area contributed by atoms with Crippen LogP contribution in [0.25, 0.3) is 0 Å². The van der Waals surface area contributed by atoms with Gasteiger partial charge in [0, 0.05) is 12.8 Å². The van der Waals surface area contributed by atoms with E-state index in [4.69, 9.17) is 18.9 Å². The molecule has 0 saturated carbocycles. The van der Waals surface area contributed by atoms with Crippen LogP contribution in [0.4, 0.5) is 0 Å². The van der Waals surface area contributed by atoms with Gasteiger partial charge in [-0.3, -0.25) is 9.59 Å². The van der Waals surface area contributed by atoms with E-state index < -0.39 is 24.3 Å². The fourth-order valence-electron chi connectivity index (χ4n) is 6.64. The number of unbranched alkanes of at least 4 members (excludes halogenated alkanes) is 25. The van der Waals surface area contributed by atoms with Gasteiger partial charge in [-0.15, -0.1) is 0 Å². The highest BCUT2D eigenvalue weighted by Gasteiger charge is 2.21. The molecule has 0 aliphatic rings. The Hall–Kier alpha value is -2.23. The Balaban J connectivity index is 4.41. The summed E-state index contributed by atoms with van der Waals surface area (Å²) in [7, 11) is 5.91. The monoisotopic (exact) mass is 822 g/mol. The number of carbonyl (C=O) groups excluding carboxylic acids is 3. The zero-order chi connectivity index (χ0) is 42.8. The molecule has 0 rings (SSSR count).